The van der Waals surface area contributed by atoms with Crippen molar-refractivity contribution >= 4 is 15.7 Å². The maximum Gasteiger partial charge on any atom is 0.235 e. The highest BCUT2D eigenvalue weighted by Gasteiger charge is 2.20. The third-order valence-electron chi connectivity index (χ3n) is 3.79. The van der Waals surface area contributed by atoms with Crippen LogP contribution in [0.15, 0.2) is 0 Å². The van der Waals surface area contributed by atoms with Crippen LogP contribution < -0.4 is 10.6 Å². The summed E-state index contributed by atoms with van der Waals surface area (Å²) < 4.78 is 23.2. The van der Waals surface area contributed by atoms with E-state index in [1.54, 1.807) is 13.8 Å². The molecule has 1 fully saturated rings. The molecule has 0 spiro atoms. The molecule has 1 saturated carbocycles. The number of amides is 1. The Balaban J connectivity index is 2.15. The summed E-state index contributed by atoms with van der Waals surface area (Å²) in [6, 6.07) is 0.550. The van der Waals surface area contributed by atoms with Gasteiger partial charge in [0.05, 0.1) is 5.25 Å². The Bertz CT molecular complexity index is 385. The predicted octanol–water partition coefficient (Wildman–Crippen LogP) is 1.24. The lowest BCUT2D eigenvalue weighted by Gasteiger charge is -2.16. The molecular weight excluding hydrogens is 276 g/mol. The van der Waals surface area contributed by atoms with Crippen LogP contribution in [0, 0.1) is 0 Å². The van der Waals surface area contributed by atoms with Crippen molar-refractivity contribution in [2.75, 3.05) is 18.8 Å². The highest BCUT2D eigenvalue weighted by Crippen LogP contribution is 2.16. The topological polar surface area (TPSA) is 75.3 Å². The Morgan fingerprint density at radius 1 is 1.10 bits per heavy atom. The first-order chi connectivity index (χ1) is 9.42. The van der Waals surface area contributed by atoms with Crippen LogP contribution in [0.25, 0.3) is 0 Å². The summed E-state index contributed by atoms with van der Waals surface area (Å²) in [6.07, 6.45) is 7.60. The molecule has 1 rings (SSSR count). The number of carbonyl (C=O) groups is 1. The first kappa shape index (κ1) is 17.4. The van der Waals surface area contributed by atoms with E-state index < -0.39 is 26.7 Å². The first-order valence-corrected chi connectivity index (χ1v) is 9.35. The highest BCUT2D eigenvalue weighted by atomic mass is 32.2. The Hall–Kier alpha value is -0.620. The van der Waals surface area contributed by atoms with Crippen molar-refractivity contribution in [2.24, 2.45) is 0 Å². The molecule has 0 aromatic rings. The minimum atomic E-state index is -3.29. The van der Waals surface area contributed by atoms with Gasteiger partial charge in [-0.2, -0.15) is 0 Å². The number of rotatable bonds is 7. The highest BCUT2D eigenvalue weighted by molar-refractivity contribution is 7.92. The number of hydrogen-bond acceptors (Lipinski definition) is 4. The lowest BCUT2D eigenvalue weighted by Crippen LogP contribution is -2.39. The smallest absolute Gasteiger partial charge is 0.235 e. The van der Waals surface area contributed by atoms with E-state index in [4.69, 9.17) is 0 Å². The molecule has 5 nitrogen and oxygen atoms in total. The van der Waals surface area contributed by atoms with E-state index in [9.17, 15) is 13.2 Å². The van der Waals surface area contributed by atoms with Crippen LogP contribution in [0.2, 0.25) is 0 Å². The van der Waals surface area contributed by atoms with Crippen LogP contribution in [0.4, 0.5) is 0 Å². The van der Waals surface area contributed by atoms with Gasteiger partial charge in [-0.1, -0.05) is 25.7 Å². The van der Waals surface area contributed by atoms with Gasteiger partial charge in [-0.05, 0) is 26.7 Å². The van der Waals surface area contributed by atoms with Crippen molar-refractivity contribution in [1.82, 2.24) is 10.6 Å². The molecule has 1 aliphatic carbocycles. The Morgan fingerprint density at radius 2 is 1.70 bits per heavy atom. The summed E-state index contributed by atoms with van der Waals surface area (Å²) in [4.78, 5) is 11.6. The standard InChI is InChI=1S/C14H28N2O3S/c1-12(2)20(18,19)11-14(17)16-10-9-15-13-7-5-3-4-6-8-13/h12-13,15H,3-11H2,1-2H3,(H,16,17). The van der Waals surface area contributed by atoms with Gasteiger partial charge in [-0.3, -0.25) is 4.79 Å². The molecule has 0 bridgehead atoms. The molecule has 0 heterocycles. The van der Waals surface area contributed by atoms with E-state index in [0.29, 0.717) is 19.1 Å². The van der Waals surface area contributed by atoms with Gasteiger partial charge in [0.25, 0.3) is 0 Å². The van der Waals surface area contributed by atoms with Crippen LogP contribution in [-0.2, 0) is 14.6 Å². The molecular formula is C14H28N2O3S. The second-order valence-corrected chi connectivity index (χ2v) is 8.41. The number of nitrogens with one attached hydrogen (secondary N) is 2. The molecule has 118 valence electrons. The Morgan fingerprint density at radius 3 is 2.25 bits per heavy atom. The second-order valence-electron chi connectivity index (χ2n) is 5.85. The van der Waals surface area contributed by atoms with Gasteiger partial charge in [0, 0.05) is 19.1 Å². The summed E-state index contributed by atoms with van der Waals surface area (Å²) in [5.74, 6) is -0.810. The van der Waals surface area contributed by atoms with E-state index in [0.717, 1.165) is 0 Å². The first-order valence-electron chi connectivity index (χ1n) is 7.63. The average molecular weight is 304 g/mol. The molecule has 0 unspecified atom stereocenters. The quantitative estimate of drug-likeness (QED) is 0.548. The maximum atomic E-state index is 11.6. The van der Waals surface area contributed by atoms with Crippen molar-refractivity contribution < 1.29 is 13.2 Å². The van der Waals surface area contributed by atoms with Gasteiger partial charge in [0.1, 0.15) is 5.75 Å². The molecule has 1 amide bonds. The number of sulfone groups is 1. The van der Waals surface area contributed by atoms with Crippen LogP contribution >= 0.6 is 0 Å². The summed E-state index contributed by atoms with van der Waals surface area (Å²) in [7, 11) is -3.29. The minimum Gasteiger partial charge on any atom is -0.354 e. The molecule has 0 atom stereocenters. The lowest BCUT2D eigenvalue weighted by atomic mass is 10.1. The van der Waals surface area contributed by atoms with E-state index in [1.165, 1.54) is 38.5 Å². The van der Waals surface area contributed by atoms with Crippen molar-refractivity contribution in [3.8, 4) is 0 Å². The van der Waals surface area contributed by atoms with Crippen LogP contribution in [0.1, 0.15) is 52.4 Å². The number of hydrogen-bond donors (Lipinski definition) is 2. The Labute approximate surface area is 122 Å². The summed E-state index contributed by atoms with van der Waals surface area (Å²) in [5, 5.41) is 5.60. The zero-order chi connectivity index (χ0) is 15.0. The second kappa shape index (κ2) is 8.62. The monoisotopic (exact) mass is 304 g/mol. The van der Waals surface area contributed by atoms with Gasteiger partial charge in [0.15, 0.2) is 9.84 Å². The molecule has 6 heteroatoms. The fraction of sp³-hybridized carbons (Fsp3) is 0.929. The molecule has 0 saturated heterocycles. The van der Waals surface area contributed by atoms with Crippen molar-refractivity contribution in [3.63, 3.8) is 0 Å². The summed E-state index contributed by atoms with van der Waals surface area (Å²) in [6.45, 7) is 4.38. The predicted molar refractivity (Wildman–Crippen MR) is 81.4 cm³/mol. The zero-order valence-corrected chi connectivity index (χ0v) is 13.5. The van der Waals surface area contributed by atoms with Gasteiger partial charge in [-0.25, -0.2) is 8.42 Å². The third-order valence-corrected chi connectivity index (χ3v) is 5.89. The summed E-state index contributed by atoms with van der Waals surface area (Å²) in [5.41, 5.74) is 0. The van der Waals surface area contributed by atoms with Crippen molar-refractivity contribution in [3.05, 3.63) is 0 Å². The normalized spacial score (nSPS) is 17.9. The molecule has 0 radical (unpaired) electrons. The zero-order valence-electron chi connectivity index (χ0n) is 12.7. The van der Waals surface area contributed by atoms with E-state index in [2.05, 4.69) is 10.6 Å². The molecule has 0 aromatic heterocycles. The fourth-order valence-corrected chi connectivity index (χ4v) is 3.16. The van der Waals surface area contributed by atoms with Crippen molar-refractivity contribution in [2.45, 2.75) is 63.7 Å². The lowest BCUT2D eigenvalue weighted by molar-refractivity contribution is -0.118. The Kier molecular flexibility index (Phi) is 7.51. The molecule has 2 N–H and O–H groups in total. The third kappa shape index (κ3) is 6.70. The molecule has 1 aliphatic rings. The maximum absolute atomic E-state index is 11.6. The van der Waals surface area contributed by atoms with Crippen LogP contribution in [0.5, 0.6) is 0 Å². The van der Waals surface area contributed by atoms with E-state index in [-0.39, 0.29) is 0 Å². The average Bonchev–Trinajstić information content (AvgIpc) is 2.62. The molecule has 0 aromatic carbocycles. The van der Waals surface area contributed by atoms with E-state index in [1.807, 2.05) is 0 Å². The van der Waals surface area contributed by atoms with Crippen molar-refractivity contribution in [1.29, 1.82) is 0 Å². The minimum absolute atomic E-state index is 0.402. The SMILES string of the molecule is CC(C)S(=O)(=O)CC(=O)NCCNC1CCCCCC1. The summed E-state index contributed by atoms with van der Waals surface area (Å²) >= 11 is 0. The molecule has 20 heavy (non-hydrogen) atoms. The van der Waals surface area contributed by atoms with Crippen LogP contribution in [0.3, 0.4) is 0 Å². The van der Waals surface area contributed by atoms with Gasteiger partial charge >= 0.3 is 0 Å². The fourth-order valence-electron chi connectivity index (χ4n) is 2.36. The molecule has 0 aliphatic heterocycles. The van der Waals surface area contributed by atoms with Gasteiger partial charge < -0.3 is 10.6 Å². The van der Waals surface area contributed by atoms with Crippen LogP contribution in [-0.4, -0.2) is 44.5 Å². The van der Waals surface area contributed by atoms with Gasteiger partial charge in [-0.15, -0.1) is 0 Å². The van der Waals surface area contributed by atoms with Gasteiger partial charge in [0.2, 0.25) is 5.91 Å². The largest absolute Gasteiger partial charge is 0.354 e. The number of carbonyl (C=O) groups excluding carboxylic acids is 1. The van der Waals surface area contributed by atoms with E-state index >= 15 is 0 Å².